The third-order valence-electron chi connectivity index (χ3n) is 3.84. The van der Waals surface area contributed by atoms with Crippen molar-refractivity contribution >= 4 is 35.4 Å². The quantitative estimate of drug-likeness (QED) is 0.795. The fourth-order valence-corrected chi connectivity index (χ4v) is 2.63. The zero-order valence-electron chi connectivity index (χ0n) is 12.9. The van der Waals surface area contributed by atoms with E-state index in [0.717, 1.165) is 42.9 Å². The molecule has 0 aliphatic carbocycles. The van der Waals surface area contributed by atoms with Crippen molar-refractivity contribution < 1.29 is 4.79 Å². The number of hydrogen-bond acceptors (Lipinski definition) is 3. The molecular weight excluding hydrogens is 310 g/mol. The number of hydrogen-bond donors (Lipinski definition) is 3. The molecule has 0 aromatic heterocycles. The van der Waals surface area contributed by atoms with E-state index in [9.17, 15) is 4.79 Å². The molecule has 23 heavy (non-hydrogen) atoms. The number of benzene rings is 2. The molecule has 1 unspecified atom stereocenters. The van der Waals surface area contributed by atoms with E-state index in [1.54, 1.807) is 0 Å². The highest BCUT2D eigenvalue weighted by Gasteiger charge is 2.20. The highest BCUT2D eigenvalue weighted by molar-refractivity contribution is 5.95. The molecule has 1 amide bonds. The van der Waals surface area contributed by atoms with Crippen LogP contribution in [0.2, 0.25) is 0 Å². The lowest BCUT2D eigenvalue weighted by molar-refractivity contribution is -0.118. The molecule has 2 aromatic rings. The van der Waals surface area contributed by atoms with Gasteiger partial charge in [-0.3, -0.25) is 4.79 Å². The highest BCUT2D eigenvalue weighted by Crippen LogP contribution is 2.19. The molecule has 1 atom stereocenters. The number of amides is 1. The van der Waals surface area contributed by atoms with Crippen LogP contribution in [-0.2, 0) is 4.79 Å². The molecule has 1 aliphatic rings. The molecule has 1 saturated heterocycles. The summed E-state index contributed by atoms with van der Waals surface area (Å²) >= 11 is 0. The summed E-state index contributed by atoms with van der Waals surface area (Å²) in [5.74, 6) is 0.0588. The molecule has 1 fully saturated rings. The topological polar surface area (TPSA) is 53.2 Å². The monoisotopic (exact) mass is 331 g/mol. The van der Waals surface area contributed by atoms with Crippen molar-refractivity contribution in [2.45, 2.75) is 25.3 Å². The minimum Gasteiger partial charge on any atom is -0.356 e. The van der Waals surface area contributed by atoms with Gasteiger partial charge in [-0.1, -0.05) is 24.6 Å². The van der Waals surface area contributed by atoms with Gasteiger partial charge in [-0.15, -0.1) is 12.4 Å². The summed E-state index contributed by atoms with van der Waals surface area (Å²) in [5, 5.41) is 9.56. The summed E-state index contributed by atoms with van der Waals surface area (Å²) in [6.45, 7) is 0.929. The average Bonchev–Trinajstić information content (AvgIpc) is 2.58. The molecule has 1 heterocycles. The first-order valence-electron chi connectivity index (χ1n) is 7.78. The van der Waals surface area contributed by atoms with Gasteiger partial charge in [0.05, 0.1) is 6.04 Å². The van der Waals surface area contributed by atoms with Crippen molar-refractivity contribution in [2.24, 2.45) is 0 Å². The number of piperidine rings is 1. The number of anilines is 3. The maximum absolute atomic E-state index is 12.2. The van der Waals surface area contributed by atoms with Crippen molar-refractivity contribution in [3.63, 3.8) is 0 Å². The lowest BCUT2D eigenvalue weighted by Crippen LogP contribution is -2.43. The Kier molecular flexibility index (Phi) is 6.44. The molecule has 2 aromatic carbocycles. The van der Waals surface area contributed by atoms with Crippen molar-refractivity contribution in [3.05, 3.63) is 54.6 Å². The molecule has 0 bridgehead atoms. The van der Waals surface area contributed by atoms with Gasteiger partial charge in [-0.05, 0) is 55.8 Å². The number of para-hydroxylation sites is 1. The van der Waals surface area contributed by atoms with Crippen LogP contribution >= 0.6 is 12.4 Å². The largest absolute Gasteiger partial charge is 0.356 e. The Morgan fingerprint density at radius 3 is 2.22 bits per heavy atom. The molecule has 3 rings (SSSR count). The van der Waals surface area contributed by atoms with Gasteiger partial charge >= 0.3 is 0 Å². The zero-order chi connectivity index (χ0) is 15.2. The van der Waals surface area contributed by atoms with E-state index in [2.05, 4.69) is 16.0 Å². The van der Waals surface area contributed by atoms with Gasteiger partial charge in [0.15, 0.2) is 0 Å². The van der Waals surface area contributed by atoms with Gasteiger partial charge < -0.3 is 16.0 Å². The molecule has 0 saturated carbocycles. The van der Waals surface area contributed by atoms with E-state index >= 15 is 0 Å². The van der Waals surface area contributed by atoms with Gasteiger partial charge in [0.2, 0.25) is 5.91 Å². The van der Waals surface area contributed by atoms with Crippen LogP contribution in [0.1, 0.15) is 19.3 Å². The summed E-state index contributed by atoms with van der Waals surface area (Å²) in [5.41, 5.74) is 2.88. The standard InChI is InChI=1S/C18H21N3O.ClH/c22-18(17-8-4-5-13-19-17)21-16-11-9-15(10-12-16)20-14-6-2-1-3-7-14;/h1-3,6-7,9-12,17,19-20H,4-5,8,13H2,(H,21,22);1H. The summed E-state index contributed by atoms with van der Waals surface area (Å²) < 4.78 is 0. The minimum atomic E-state index is -0.0594. The number of carbonyl (C=O) groups excluding carboxylic acids is 1. The van der Waals surface area contributed by atoms with Gasteiger partial charge in [0, 0.05) is 17.1 Å². The Morgan fingerprint density at radius 1 is 0.913 bits per heavy atom. The first kappa shape index (κ1) is 17.3. The Bertz CT molecular complexity index is 610. The first-order valence-corrected chi connectivity index (χ1v) is 7.78. The molecule has 3 N–H and O–H groups in total. The number of carbonyl (C=O) groups is 1. The van der Waals surface area contributed by atoms with E-state index < -0.39 is 0 Å². The van der Waals surface area contributed by atoms with Crippen LogP contribution in [0.15, 0.2) is 54.6 Å². The fourth-order valence-electron chi connectivity index (χ4n) is 2.63. The van der Waals surface area contributed by atoms with E-state index in [1.165, 1.54) is 0 Å². The second-order valence-electron chi connectivity index (χ2n) is 5.56. The van der Waals surface area contributed by atoms with Crippen LogP contribution in [0.4, 0.5) is 17.1 Å². The Labute approximate surface area is 143 Å². The number of halogens is 1. The zero-order valence-corrected chi connectivity index (χ0v) is 13.7. The molecule has 1 aliphatic heterocycles. The van der Waals surface area contributed by atoms with Crippen LogP contribution in [0, 0.1) is 0 Å². The summed E-state index contributed by atoms with van der Waals surface area (Å²) in [6, 6.07) is 17.7. The Hall–Kier alpha value is -2.04. The fraction of sp³-hybridized carbons (Fsp3) is 0.278. The number of nitrogens with one attached hydrogen (secondary N) is 3. The predicted octanol–water partition coefficient (Wildman–Crippen LogP) is 3.93. The predicted molar refractivity (Wildman–Crippen MR) is 97.7 cm³/mol. The van der Waals surface area contributed by atoms with Crippen LogP contribution in [-0.4, -0.2) is 18.5 Å². The molecule has 4 nitrogen and oxygen atoms in total. The van der Waals surface area contributed by atoms with E-state index in [-0.39, 0.29) is 24.4 Å². The van der Waals surface area contributed by atoms with E-state index in [4.69, 9.17) is 0 Å². The van der Waals surface area contributed by atoms with E-state index in [1.807, 2.05) is 54.6 Å². The van der Waals surface area contributed by atoms with Crippen LogP contribution < -0.4 is 16.0 Å². The Morgan fingerprint density at radius 2 is 1.57 bits per heavy atom. The average molecular weight is 332 g/mol. The van der Waals surface area contributed by atoms with Crippen LogP contribution in [0.3, 0.4) is 0 Å². The third-order valence-corrected chi connectivity index (χ3v) is 3.84. The van der Waals surface area contributed by atoms with Gasteiger partial charge in [0.25, 0.3) is 0 Å². The second kappa shape index (κ2) is 8.56. The first-order chi connectivity index (χ1) is 10.8. The minimum absolute atomic E-state index is 0. The third kappa shape index (κ3) is 4.98. The maximum Gasteiger partial charge on any atom is 0.241 e. The number of rotatable bonds is 4. The van der Waals surface area contributed by atoms with Gasteiger partial charge in [-0.2, -0.15) is 0 Å². The molecule has 5 heteroatoms. The van der Waals surface area contributed by atoms with Crippen molar-refractivity contribution in [1.29, 1.82) is 0 Å². The normalized spacial score (nSPS) is 17.0. The maximum atomic E-state index is 12.2. The highest BCUT2D eigenvalue weighted by atomic mass is 35.5. The molecular formula is C18H22ClN3O. The summed E-state index contributed by atoms with van der Waals surface area (Å²) in [7, 11) is 0. The lowest BCUT2D eigenvalue weighted by atomic mass is 10.0. The van der Waals surface area contributed by atoms with Crippen LogP contribution in [0.5, 0.6) is 0 Å². The van der Waals surface area contributed by atoms with Gasteiger partial charge in [0.1, 0.15) is 0 Å². The molecule has 122 valence electrons. The second-order valence-corrected chi connectivity index (χ2v) is 5.56. The summed E-state index contributed by atoms with van der Waals surface area (Å²) in [4.78, 5) is 12.2. The molecule has 0 spiro atoms. The molecule has 0 radical (unpaired) electrons. The summed E-state index contributed by atoms with van der Waals surface area (Å²) in [6.07, 6.45) is 3.19. The van der Waals surface area contributed by atoms with Crippen molar-refractivity contribution in [1.82, 2.24) is 5.32 Å². The van der Waals surface area contributed by atoms with E-state index in [0.29, 0.717) is 0 Å². The Balaban J connectivity index is 0.00000192. The van der Waals surface area contributed by atoms with Crippen LogP contribution in [0.25, 0.3) is 0 Å². The van der Waals surface area contributed by atoms with Crippen molar-refractivity contribution in [2.75, 3.05) is 17.2 Å². The smallest absolute Gasteiger partial charge is 0.241 e. The SMILES string of the molecule is Cl.O=C(Nc1ccc(Nc2ccccc2)cc1)C1CCCCN1. The van der Waals surface area contributed by atoms with Gasteiger partial charge in [-0.25, -0.2) is 0 Å². The lowest BCUT2D eigenvalue weighted by Gasteiger charge is -2.22. The van der Waals surface area contributed by atoms with Crippen molar-refractivity contribution in [3.8, 4) is 0 Å².